The van der Waals surface area contributed by atoms with Crippen molar-refractivity contribution in [1.29, 1.82) is 0 Å². The summed E-state index contributed by atoms with van der Waals surface area (Å²) in [6.45, 7) is 6.59. The zero-order chi connectivity index (χ0) is 22.2. The van der Waals surface area contributed by atoms with Gasteiger partial charge in [0, 0.05) is 23.3 Å². The molecule has 0 saturated heterocycles. The van der Waals surface area contributed by atoms with Crippen molar-refractivity contribution in [3.05, 3.63) is 98.2 Å². The van der Waals surface area contributed by atoms with Crippen molar-refractivity contribution in [1.82, 2.24) is 0 Å². The van der Waals surface area contributed by atoms with Gasteiger partial charge in [0.05, 0.1) is 0 Å². The van der Waals surface area contributed by atoms with Crippen molar-refractivity contribution < 1.29 is 32.6 Å². The molecule has 1 aromatic heterocycles. The minimum Gasteiger partial charge on any atom is -0.459 e. The fourth-order valence-corrected chi connectivity index (χ4v) is 2.49. The molecule has 3 rings (SSSR count). The van der Waals surface area contributed by atoms with Crippen LogP contribution in [-0.4, -0.2) is 11.9 Å². The van der Waals surface area contributed by atoms with Crippen LogP contribution in [0.15, 0.2) is 96.8 Å². The van der Waals surface area contributed by atoms with E-state index in [2.05, 4.69) is 17.9 Å². The van der Waals surface area contributed by atoms with Crippen LogP contribution in [0.5, 0.6) is 11.5 Å². The van der Waals surface area contributed by atoms with E-state index in [1.165, 1.54) is 12.1 Å². The molecule has 0 N–H and O–H groups in total. The SMILES string of the molecule is C=CC(=O)OC=COc1ccc(-c2ccc(-c3ccc(OC(=O)C=C)cc3)o2)cc1F. The molecule has 0 spiro atoms. The van der Waals surface area contributed by atoms with Gasteiger partial charge in [-0.1, -0.05) is 13.2 Å². The molecule has 0 aliphatic carbocycles. The minimum absolute atomic E-state index is 0.0499. The minimum atomic E-state index is -0.656. The van der Waals surface area contributed by atoms with Gasteiger partial charge in [0.2, 0.25) is 0 Å². The first-order chi connectivity index (χ1) is 15.0. The molecule has 0 radical (unpaired) electrons. The second-order valence-electron chi connectivity index (χ2n) is 5.99. The molecule has 156 valence electrons. The highest BCUT2D eigenvalue weighted by Gasteiger charge is 2.11. The third-order valence-electron chi connectivity index (χ3n) is 3.95. The second-order valence-corrected chi connectivity index (χ2v) is 5.99. The van der Waals surface area contributed by atoms with E-state index in [1.807, 2.05) is 0 Å². The average molecular weight is 420 g/mol. The van der Waals surface area contributed by atoms with Gasteiger partial charge in [-0.15, -0.1) is 0 Å². The van der Waals surface area contributed by atoms with Crippen molar-refractivity contribution in [3.8, 4) is 34.1 Å². The number of carbonyl (C=O) groups excluding carboxylic acids is 2. The summed E-state index contributed by atoms with van der Waals surface area (Å²) in [5, 5.41) is 0. The average Bonchev–Trinajstić information content (AvgIpc) is 3.28. The van der Waals surface area contributed by atoms with Crippen molar-refractivity contribution in [2.75, 3.05) is 0 Å². The number of rotatable bonds is 8. The van der Waals surface area contributed by atoms with Gasteiger partial charge < -0.3 is 18.6 Å². The Morgan fingerprint density at radius 3 is 2.13 bits per heavy atom. The quantitative estimate of drug-likeness (QED) is 0.210. The maximum Gasteiger partial charge on any atom is 0.335 e. The Morgan fingerprint density at radius 2 is 1.48 bits per heavy atom. The Balaban J connectivity index is 1.70. The van der Waals surface area contributed by atoms with E-state index in [-0.39, 0.29) is 5.75 Å². The third kappa shape index (κ3) is 5.57. The molecular weight excluding hydrogens is 403 g/mol. The van der Waals surface area contributed by atoms with Crippen molar-refractivity contribution in [2.24, 2.45) is 0 Å². The van der Waals surface area contributed by atoms with E-state index in [0.717, 1.165) is 30.2 Å². The Bertz CT molecular complexity index is 1140. The molecule has 31 heavy (non-hydrogen) atoms. The van der Waals surface area contributed by atoms with Crippen LogP contribution in [0.1, 0.15) is 0 Å². The summed E-state index contributed by atoms with van der Waals surface area (Å²) in [4.78, 5) is 22.1. The van der Waals surface area contributed by atoms with Gasteiger partial charge in [0.25, 0.3) is 0 Å². The summed E-state index contributed by atoms with van der Waals surface area (Å²) < 4.78 is 34.9. The summed E-state index contributed by atoms with van der Waals surface area (Å²) in [6, 6.07) is 14.5. The van der Waals surface area contributed by atoms with Gasteiger partial charge in [-0.2, -0.15) is 0 Å². The highest BCUT2D eigenvalue weighted by Crippen LogP contribution is 2.31. The number of esters is 2. The van der Waals surface area contributed by atoms with Crippen LogP contribution in [0.4, 0.5) is 4.39 Å². The molecule has 0 atom stereocenters. The van der Waals surface area contributed by atoms with Gasteiger partial charge >= 0.3 is 11.9 Å². The lowest BCUT2D eigenvalue weighted by molar-refractivity contribution is -0.132. The summed E-state index contributed by atoms with van der Waals surface area (Å²) in [7, 11) is 0. The van der Waals surface area contributed by atoms with E-state index in [4.69, 9.17) is 13.9 Å². The van der Waals surface area contributed by atoms with Gasteiger partial charge in [-0.25, -0.2) is 14.0 Å². The topological polar surface area (TPSA) is 75.0 Å². The Labute approximate surface area is 177 Å². The molecule has 0 aliphatic rings. The van der Waals surface area contributed by atoms with E-state index < -0.39 is 17.8 Å². The molecule has 2 aromatic carbocycles. The van der Waals surface area contributed by atoms with Crippen LogP contribution < -0.4 is 9.47 Å². The van der Waals surface area contributed by atoms with Crippen molar-refractivity contribution >= 4 is 11.9 Å². The highest BCUT2D eigenvalue weighted by molar-refractivity contribution is 5.83. The smallest absolute Gasteiger partial charge is 0.335 e. The van der Waals surface area contributed by atoms with Crippen molar-refractivity contribution in [3.63, 3.8) is 0 Å². The molecule has 0 unspecified atom stereocenters. The van der Waals surface area contributed by atoms with E-state index >= 15 is 0 Å². The van der Waals surface area contributed by atoms with Crippen LogP contribution in [0.25, 0.3) is 22.6 Å². The number of ether oxygens (including phenoxy) is 3. The fourth-order valence-electron chi connectivity index (χ4n) is 2.49. The fraction of sp³-hybridized carbons (Fsp3) is 0. The molecule has 0 aliphatic heterocycles. The van der Waals surface area contributed by atoms with Crippen LogP contribution >= 0.6 is 0 Å². The first-order valence-electron chi connectivity index (χ1n) is 8.99. The normalized spacial score (nSPS) is 10.5. The van der Waals surface area contributed by atoms with Gasteiger partial charge in [-0.3, -0.25) is 0 Å². The standard InChI is InChI=1S/C24H17FO6/c1-3-23(26)29-14-13-28-22-10-7-17(15-19(22)25)21-12-11-20(31-21)16-5-8-18(9-6-16)30-24(27)4-2/h3-15H,1-2H2. The molecule has 0 amide bonds. The van der Waals surface area contributed by atoms with Crippen molar-refractivity contribution in [2.45, 2.75) is 0 Å². The summed E-state index contributed by atoms with van der Waals surface area (Å²) in [6.07, 6.45) is 4.10. The van der Waals surface area contributed by atoms with E-state index in [1.54, 1.807) is 42.5 Å². The lowest BCUT2D eigenvalue weighted by Crippen LogP contribution is -2.02. The number of hydrogen-bond acceptors (Lipinski definition) is 6. The third-order valence-corrected chi connectivity index (χ3v) is 3.95. The summed E-state index contributed by atoms with van der Waals surface area (Å²) >= 11 is 0. The Kier molecular flexibility index (Phi) is 6.80. The van der Waals surface area contributed by atoms with E-state index in [0.29, 0.717) is 22.8 Å². The Hall–Kier alpha value is -4.39. The monoisotopic (exact) mass is 420 g/mol. The number of hydrogen-bond donors (Lipinski definition) is 0. The van der Waals surface area contributed by atoms with Crippen LogP contribution in [0.2, 0.25) is 0 Å². The lowest BCUT2D eigenvalue weighted by Gasteiger charge is -2.04. The number of benzene rings is 2. The lowest BCUT2D eigenvalue weighted by atomic mass is 10.1. The molecule has 3 aromatic rings. The van der Waals surface area contributed by atoms with Gasteiger partial charge in [-0.05, 0) is 54.6 Å². The number of halogens is 1. The Morgan fingerprint density at radius 1 is 0.839 bits per heavy atom. The maximum atomic E-state index is 14.3. The maximum absolute atomic E-state index is 14.3. The predicted octanol–water partition coefficient (Wildman–Crippen LogP) is 5.42. The molecule has 6 nitrogen and oxygen atoms in total. The second kappa shape index (κ2) is 9.89. The first kappa shape index (κ1) is 21.3. The molecule has 0 bridgehead atoms. The molecule has 7 heteroatoms. The zero-order valence-corrected chi connectivity index (χ0v) is 16.2. The molecule has 0 fully saturated rings. The van der Waals surface area contributed by atoms with Gasteiger partial charge in [0.1, 0.15) is 29.8 Å². The summed E-state index contributed by atoms with van der Waals surface area (Å²) in [5.74, 6) is -0.476. The molecular formula is C24H17FO6. The van der Waals surface area contributed by atoms with Gasteiger partial charge in [0.15, 0.2) is 11.6 Å². The largest absolute Gasteiger partial charge is 0.459 e. The van der Waals surface area contributed by atoms with Crippen LogP contribution in [0, 0.1) is 5.82 Å². The molecule has 1 heterocycles. The van der Waals surface area contributed by atoms with Crippen LogP contribution in [-0.2, 0) is 14.3 Å². The number of carbonyl (C=O) groups is 2. The number of furan rings is 1. The highest BCUT2D eigenvalue weighted by atomic mass is 19.1. The zero-order valence-electron chi connectivity index (χ0n) is 16.2. The molecule has 0 saturated carbocycles. The predicted molar refractivity (Wildman–Crippen MR) is 111 cm³/mol. The first-order valence-corrected chi connectivity index (χ1v) is 8.99. The summed E-state index contributed by atoms with van der Waals surface area (Å²) in [5.41, 5.74) is 1.26. The van der Waals surface area contributed by atoms with Crippen LogP contribution in [0.3, 0.4) is 0 Å². The van der Waals surface area contributed by atoms with E-state index in [9.17, 15) is 14.0 Å².